The molecule has 4 aliphatic rings. The van der Waals surface area contributed by atoms with Crippen molar-refractivity contribution in [1.29, 1.82) is 0 Å². The number of allylic oxidation sites excluding steroid dienone is 2. The number of carbonyl (C=O) groups excluding carboxylic acids is 4. The molecule has 2 heterocycles. The Kier molecular flexibility index (Phi) is 6.74. The third-order valence-corrected chi connectivity index (χ3v) is 11.5. The number of alkyl halides is 2. The van der Waals surface area contributed by atoms with Gasteiger partial charge >= 0.3 is 0 Å². The molecule has 2 aromatic rings. The number of nitrogens with zero attached hydrogens (tertiary/aromatic N) is 2. The third-order valence-electron chi connectivity index (χ3n) is 9.22. The molecule has 0 spiro atoms. The molecule has 0 radical (unpaired) electrons. The summed E-state index contributed by atoms with van der Waals surface area (Å²) in [5, 5.41) is 10.5. The maximum Gasteiger partial charge on any atom is 0.253 e. The number of carbonyl (C=O) groups is 4. The van der Waals surface area contributed by atoms with Gasteiger partial charge in [0.25, 0.3) is 11.8 Å². The van der Waals surface area contributed by atoms with Crippen molar-refractivity contribution < 1.29 is 29.0 Å². The van der Waals surface area contributed by atoms with E-state index in [2.05, 4.69) is 0 Å². The van der Waals surface area contributed by atoms with Crippen LogP contribution in [0.4, 0.5) is 5.69 Å². The number of aromatic hydroxyl groups is 1. The van der Waals surface area contributed by atoms with E-state index in [0.717, 1.165) is 16.9 Å². The molecule has 2 aliphatic carbocycles. The molecule has 8 nitrogen and oxygen atoms in total. The number of likely N-dealkylation sites (tertiary alicyclic amines) is 1. The van der Waals surface area contributed by atoms with Crippen molar-refractivity contribution in [2.45, 2.75) is 41.9 Å². The van der Waals surface area contributed by atoms with Crippen LogP contribution in [0, 0.1) is 21.3 Å². The molecule has 11 heteroatoms. The van der Waals surface area contributed by atoms with Gasteiger partial charge in [-0.1, -0.05) is 30.7 Å². The topological polar surface area (TPSA) is 104 Å². The fourth-order valence-corrected chi connectivity index (χ4v) is 8.81. The standard InChI is InChI=1S/C30H27Cl2IN2O6/c1-4-14-5-7-16(8-6-14)35-25(37)18-10-9-17-19(22(18)26(35)38)13-29(31)27(39)34(2)28(40)30(29,32)23(17)15-11-20(33)24(36)21(12-15)41-3/h5-9,11-12,18-19,22-23,36H,4,10,13H2,1-3H3/t18-,19+,22-,23-,29+,30-/m0/s1. The van der Waals surface area contributed by atoms with Crippen LogP contribution in [0.1, 0.15) is 36.8 Å². The molecule has 0 unspecified atom stereocenters. The molecule has 6 atom stereocenters. The SMILES string of the molecule is CCc1ccc(N2C(=O)[C@H]3[C@H](CC=C4[C@H]3C[C@@]3(Cl)C(=O)N(C)C(=O)[C@@]3(Cl)[C@H]4c3cc(I)c(O)c(OC)c3)C2=O)cc1. The van der Waals surface area contributed by atoms with Crippen LogP contribution < -0.4 is 9.64 Å². The van der Waals surface area contributed by atoms with Gasteiger partial charge in [-0.15, -0.1) is 23.2 Å². The van der Waals surface area contributed by atoms with Crippen LogP contribution in [0.5, 0.6) is 11.5 Å². The van der Waals surface area contributed by atoms with Crippen LogP contribution in [0.2, 0.25) is 0 Å². The van der Waals surface area contributed by atoms with Gasteiger partial charge in [-0.3, -0.25) is 29.0 Å². The number of anilines is 1. The highest BCUT2D eigenvalue weighted by atomic mass is 127. The highest BCUT2D eigenvalue weighted by Crippen LogP contribution is 2.65. The van der Waals surface area contributed by atoms with E-state index in [9.17, 15) is 24.3 Å². The summed E-state index contributed by atoms with van der Waals surface area (Å²) in [7, 11) is 2.76. The second-order valence-corrected chi connectivity index (χ2v) is 13.5. The van der Waals surface area contributed by atoms with Gasteiger partial charge < -0.3 is 9.84 Å². The van der Waals surface area contributed by atoms with E-state index in [1.54, 1.807) is 24.3 Å². The Morgan fingerprint density at radius 1 is 1.05 bits per heavy atom. The largest absolute Gasteiger partial charge is 0.504 e. The zero-order valence-electron chi connectivity index (χ0n) is 22.5. The van der Waals surface area contributed by atoms with Crippen LogP contribution in [0.25, 0.3) is 0 Å². The smallest absolute Gasteiger partial charge is 0.253 e. The van der Waals surface area contributed by atoms with E-state index in [0.29, 0.717) is 20.4 Å². The van der Waals surface area contributed by atoms with Crippen molar-refractivity contribution >= 4 is 75.1 Å². The monoisotopic (exact) mass is 708 g/mol. The molecule has 2 aromatic carbocycles. The van der Waals surface area contributed by atoms with Crippen molar-refractivity contribution in [2.75, 3.05) is 19.1 Å². The van der Waals surface area contributed by atoms with Crippen molar-refractivity contribution in [3.8, 4) is 11.5 Å². The molecule has 0 aromatic heterocycles. The molecule has 6 rings (SSSR count). The number of ether oxygens (including phenoxy) is 1. The Hall–Kier alpha value is -2.63. The van der Waals surface area contributed by atoms with E-state index >= 15 is 0 Å². The lowest BCUT2D eigenvalue weighted by molar-refractivity contribution is -0.138. The minimum Gasteiger partial charge on any atom is -0.504 e. The molecule has 3 fully saturated rings. The molecule has 214 valence electrons. The number of methoxy groups -OCH3 is 1. The summed E-state index contributed by atoms with van der Waals surface area (Å²) in [6.45, 7) is 2.03. The van der Waals surface area contributed by atoms with Gasteiger partial charge in [0.2, 0.25) is 11.8 Å². The molecule has 1 N–H and O–H groups in total. The predicted octanol–water partition coefficient (Wildman–Crippen LogP) is 4.76. The first-order valence-electron chi connectivity index (χ1n) is 13.3. The zero-order chi connectivity index (χ0) is 29.6. The molecule has 2 saturated heterocycles. The number of imide groups is 2. The number of phenols is 1. The lowest BCUT2D eigenvalue weighted by Crippen LogP contribution is -2.60. The zero-order valence-corrected chi connectivity index (χ0v) is 26.2. The van der Waals surface area contributed by atoms with E-state index in [4.69, 9.17) is 27.9 Å². The normalized spacial score (nSPS) is 32.6. The highest BCUT2D eigenvalue weighted by Gasteiger charge is 2.76. The number of rotatable bonds is 4. The fraction of sp³-hybridized carbons (Fsp3) is 0.400. The number of aryl methyl sites for hydroxylation is 1. The Bertz CT molecular complexity index is 1560. The van der Waals surface area contributed by atoms with Crippen molar-refractivity contribution in [1.82, 2.24) is 4.90 Å². The molecule has 1 saturated carbocycles. The number of halogens is 3. The van der Waals surface area contributed by atoms with Crippen LogP contribution in [-0.4, -0.2) is 57.5 Å². The lowest BCUT2D eigenvalue weighted by Gasteiger charge is -2.50. The Labute approximate surface area is 260 Å². The van der Waals surface area contributed by atoms with Gasteiger partial charge in [0.15, 0.2) is 21.2 Å². The molecule has 0 bridgehead atoms. The molecule has 41 heavy (non-hydrogen) atoms. The van der Waals surface area contributed by atoms with E-state index in [1.165, 1.54) is 19.1 Å². The predicted molar refractivity (Wildman–Crippen MR) is 161 cm³/mol. The van der Waals surface area contributed by atoms with E-state index in [-0.39, 0.29) is 36.2 Å². The number of phenolic OH excluding ortho intramolecular Hbond substituents is 1. The summed E-state index contributed by atoms with van der Waals surface area (Å²) in [6.07, 6.45) is 2.90. The summed E-state index contributed by atoms with van der Waals surface area (Å²) >= 11 is 16.4. The minimum atomic E-state index is -1.90. The first-order chi connectivity index (χ1) is 19.4. The fourth-order valence-electron chi connectivity index (χ4n) is 7.17. The summed E-state index contributed by atoms with van der Waals surface area (Å²) in [6, 6.07) is 10.6. The van der Waals surface area contributed by atoms with Gasteiger partial charge in [-0.25, -0.2) is 0 Å². The van der Waals surface area contributed by atoms with Gasteiger partial charge in [-0.2, -0.15) is 0 Å². The number of hydrogen-bond donors (Lipinski definition) is 1. The average Bonchev–Trinajstić information content (AvgIpc) is 3.29. The lowest BCUT2D eigenvalue weighted by atomic mass is 9.56. The number of hydrogen-bond acceptors (Lipinski definition) is 6. The van der Waals surface area contributed by atoms with Crippen LogP contribution in [0.15, 0.2) is 48.0 Å². The first-order valence-corrected chi connectivity index (χ1v) is 15.2. The number of fused-ring (bicyclic) bond motifs is 4. The summed E-state index contributed by atoms with van der Waals surface area (Å²) in [5.74, 6) is -4.80. The summed E-state index contributed by atoms with van der Waals surface area (Å²) in [5.41, 5.74) is 2.78. The van der Waals surface area contributed by atoms with Gasteiger partial charge in [0, 0.05) is 13.0 Å². The van der Waals surface area contributed by atoms with Gasteiger partial charge in [-0.05, 0) is 83.2 Å². The number of benzene rings is 2. The van der Waals surface area contributed by atoms with E-state index in [1.807, 2.05) is 47.7 Å². The summed E-state index contributed by atoms with van der Waals surface area (Å²) < 4.78 is 5.85. The van der Waals surface area contributed by atoms with Crippen LogP contribution >= 0.6 is 45.8 Å². The summed E-state index contributed by atoms with van der Waals surface area (Å²) in [4.78, 5) is 53.5. The Morgan fingerprint density at radius 3 is 2.37 bits per heavy atom. The van der Waals surface area contributed by atoms with Crippen LogP contribution in [-0.2, 0) is 25.6 Å². The molecular weight excluding hydrogens is 682 g/mol. The quantitative estimate of drug-likeness (QED) is 0.213. The first kappa shape index (κ1) is 28.5. The van der Waals surface area contributed by atoms with E-state index < -0.39 is 45.2 Å². The minimum absolute atomic E-state index is 0.0742. The van der Waals surface area contributed by atoms with Gasteiger partial charge in [0.1, 0.15) is 0 Å². The Morgan fingerprint density at radius 2 is 1.73 bits per heavy atom. The average molecular weight is 709 g/mol. The maximum absolute atomic E-state index is 14.1. The van der Waals surface area contributed by atoms with Crippen molar-refractivity contribution in [3.05, 3.63) is 62.7 Å². The maximum atomic E-state index is 14.1. The molecule has 2 aliphatic heterocycles. The highest BCUT2D eigenvalue weighted by molar-refractivity contribution is 14.1. The third kappa shape index (κ3) is 3.70. The van der Waals surface area contributed by atoms with Crippen LogP contribution in [0.3, 0.4) is 0 Å². The van der Waals surface area contributed by atoms with Gasteiger partial charge in [0.05, 0.1) is 28.2 Å². The van der Waals surface area contributed by atoms with Crippen molar-refractivity contribution in [2.24, 2.45) is 17.8 Å². The molecular formula is C30H27Cl2IN2O6. The Balaban J connectivity index is 1.51. The second kappa shape index (κ2) is 9.70. The molecule has 4 amide bonds. The van der Waals surface area contributed by atoms with Crippen molar-refractivity contribution in [3.63, 3.8) is 0 Å². The number of amides is 4. The second-order valence-electron chi connectivity index (χ2n) is 11.1.